The maximum Gasteiger partial charge on any atom is 0.244 e. The Morgan fingerprint density at radius 3 is 2.29 bits per heavy atom. The van der Waals surface area contributed by atoms with Crippen LogP contribution in [0.25, 0.3) is 0 Å². The minimum atomic E-state index is -3.67. The van der Waals surface area contributed by atoms with Crippen LogP contribution in [0.4, 0.5) is 0 Å². The van der Waals surface area contributed by atoms with Crippen LogP contribution < -0.4 is 4.72 Å². The van der Waals surface area contributed by atoms with Gasteiger partial charge in [-0.15, -0.1) is 0 Å². The lowest BCUT2D eigenvalue weighted by molar-refractivity contribution is 0.276. The summed E-state index contributed by atoms with van der Waals surface area (Å²) in [4.78, 5) is 0.0817. The number of sulfonamides is 1. The lowest BCUT2D eigenvalue weighted by Gasteiger charge is -2.15. The summed E-state index contributed by atoms with van der Waals surface area (Å²) in [5.41, 5.74) is 0.342. The molecule has 0 amide bonds. The Morgan fingerprint density at radius 2 is 1.76 bits per heavy atom. The van der Waals surface area contributed by atoms with E-state index in [9.17, 15) is 13.5 Å². The fourth-order valence-corrected chi connectivity index (χ4v) is 4.18. The highest BCUT2D eigenvalue weighted by Gasteiger charge is 2.27. The van der Waals surface area contributed by atoms with Crippen LogP contribution >= 0.6 is 0 Å². The summed E-state index contributed by atoms with van der Waals surface area (Å²) >= 11 is 0. The Hall–Kier alpha value is -0.850. The molecular formula is C15H27NO4S. The van der Waals surface area contributed by atoms with Crippen molar-refractivity contribution in [3.63, 3.8) is 0 Å². The van der Waals surface area contributed by atoms with E-state index in [-0.39, 0.29) is 17.5 Å². The van der Waals surface area contributed by atoms with Gasteiger partial charge in [-0.05, 0) is 33.1 Å². The SMILES string of the molecule is Cc1oc(C)c(S(=O)(=O)NC(C)CCCC(C)C)c1CO. The molecule has 0 spiro atoms. The molecular weight excluding hydrogens is 290 g/mol. The zero-order chi connectivity index (χ0) is 16.2. The van der Waals surface area contributed by atoms with Gasteiger partial charge in [-0.1, -0.05) is 26.7 Å². The predicted molar refractivity (Wildman–Crippen MR) is 82.6 cm³/mol. The van der Waals surface area contributed by atoms with E-state index >= 15 is 0 Å². The van der Waals surface area contributed by atoms with E-state index in [4.69, 9.17) is 4.42 Å². The van der Waals surface area contributed by atoms with Gasteiger partial charge in [-0.2, -0.15) is 0 Å². The Bertz CT molecular complexity index is 560. The van der Waals surface area contributed by atoms with Crippen LogP contribution in [0.5, 0.6) is 0 Å². The van der Waals surface area contributed by atoms with Crippen molar-refractivity contribution in [2.75, 3.05) is 0 Å². The molecule has 0 radical (unpaired) electrons. The number of rotatable bonds is 8. The first-order valence-corrected chi connectivity index (χ1v) is 8.89. The van der Waals surface area contributed by atoms with Crippen LogP contribution in [0.15, 0.2) is 9.31 Å². The number of aliphatic hydroxyl groups is 1. The number of hydrogen-bond acceptors (Lipinski definition) is 4. The molecule has 1 heterocycles. The van der Waals surface area contributed by atoms with Crippen molar-refractivity contribution in [3.05, 3.63) is 17.1 Å². The molecule has 1 atom stereocenters. The van der Waals surface area contributed by atoms with Gasteiger partial charge in [0.2, 0.25) is 10.0 Å². The smallest absolute Gasteiger partial charge is 0.244 e. The highest BCUT2D eigenvalue weighted by Crippen LogP contribution is 2.26. The number of furan rings is 1. The zero-order valence-corrected chi connectivity index (χ0v) is 14.4. The molecule has 21 heavy (non-hydrogen) atoms. The van der Waals surface area contributed by atoms with Crippen LogP contribution in [-0.2, 0) is 16.6 Å². The van der Waals surface area contributed by atoms with Crippen molar-refractivity contribution in [3.8, 4) is 0 Å². The number of aryl methyl sites for hydroxylation is 2. The Balaban J connectivity index is 2.82. The standard InChI is InChI=1S/C15H27NO4S/c1-10(2)7-6-8-11(3)16-21(18,19)15-13(5)20-12(4)14(15)9-17/h10-11,16-17H,6-9H2,1-5H3. The van der Waals surface area contributed by atoms with E-state index in [1.54, 1.807) is 13.8 Å². The summed E-state index contributed by atoms with van der Waals surface area (Å²) in [6.45, 7) is 9.08. The second-order valence-corrected chi connectivity index (χ2v) is 7.68. The van der Waals surface area contributed by atoms with Gasteiger partial charge < -0.3 is 9.52 Å². The van der Waals surface area contributed by atoms with Crippen molar-refractivity contribution < 1.29 is 17.9 Å². The van der Waals surface area contributed by atoms with E-state index in [0.717, 1.165) is 19.3 Å². The van der Waals surface area contributed by atoms with Crippen LogP contribution in [-0.4, -0.2) is 19.6 Å². The molecule has 1 aromatic heterocycles. The molecule has 0 aliphatic heterocycles. The van der Waals surface area contributed by atoms with Crippen molar-refractivity contribution in [2.24, 2.45) is 5.92 Å². The molecule has 1 aromatic rings. The fraction of sp³-hybridized carbons (Fsp3) is 0.733. The Morgan fingerprint density at radius 1 is 1.14 bits per heavy atom. The highest BCUT2D eigenvalue weighted by atomic mass is 32.2. The number of nitrogens with one attached hydrogen (secondary N) is 1. The van der Waals surface area contributed by atoms with Gasteiger partial charge in [0, 0.05) is 11.6 Å². The molecule has 0 bridgehead atoms. The largest absolute Gasteiger partial charge is 0.465 e. The van der Waals surface area contributed by atoms with Gasteiger partial charge in [0.05, 0.1) is 6.61 Å². The molecule has 0 aromatic carbocycles. The highest BCUT2D eigenvalue weighted by molar-refractivity contribution is 7.89. The lowest BCUT2D eigenvalue weighted by atomic mass is 10.0. The van der Waals surface area contributed by atoms with Gasteiger partial charge in [-0.25, -0.2) is 13.1 Å². The first-order valence-electron chi connectivity index (χ1n) is 7.41. The van der Waals surface area contributed by atoms with E-state index in [1.165, 1.54) is 0 Å². The van der Waals surface area contributed by atoms with Gasteiger partial charge in [-0.3, -0.25) is 0 Å². The summed E-state index contributed by atoms with van der Waals surface area (Å²) in [6, 6.07) is -0.144. The first kappa shape index (κ1) is 18.2. The topological polar surface area (TPSA) is 79.5 Å². The molecule has 0 saturated carbocycles. The molecule has 5 nitrogen and oxygen atoms in total. The third kappa shape index (κ3) is 4.83. The molecule has 2 N–H and O–H groups in total. The fourth-order valence-electron chi connectivity index (χ4n) is 2.46. The molecule has 0 fully saturated rings. The third-order valence-corrected chi connectivity index (χ3v) is 5.31. The Labute approximate surface area is 127 Å². The van der Waals surface area contributed by atoms with Gasteiger partial charge >= 0.3 is 0 Å². The monoisotopic (exact) mass is 317 g/mol. The average Bonchev–Trinajstić information content (AvgIpc) is 2.62. The van der Waals surface area contributed by atoms with Crippen molar-refractivity contribution in [1.82, 2.24) is 4.72 Å². The van der Waals surface area contributed by atoms with Gasteiger partial charge in [0.25, 0.3) is 0 Å². The van der Waals surface area contributed by atoms with E-state index in [0.29, 0.717) is 23.0 Å². The summed E-state index contributed by atoms with van der Waals surface area (Å²) in [5, 5.41) is 9.36. The third-order valence-electron chi connectivity index (χ3n) is 3.53. The molecule has 1 unspecified atom stereocenters. The van der Waals surface area contributed by atoms with Gasteiger partial charge in [0.1, 0.15) is 16.4 Å². The summed E-state index contributed by atoms with van der Waals surface area (Å²) in [5.74, 6) is 1.38. The molecule has 0 aliphatic rings. The zero-order valence-electron chi connectivity index (χ0n) is 13.6. The Kier molecular flexibility index (Phi) is 6.43. The summed E-state index contributed by atoms with van der Waals surface area (Å²) < 4.78 is 33.0. The molecule has 0 aliphatic carbocycles. The van der Waals surface area contributed by atoms with E-state index in [1.807, 2.05) is 6.92 Å². The first-order chi connectivity index (χ1) is 9.69. The minimum Gasteiger partial charge on any atom is -0.465 e. The molecule has 122 valence electrons. The maximum absolute atomic E-state index is 12.5. The quantitative estimate of drug-likeness (QED) is 0.772. The average molecular weight is 317 g/mol. The predicted octanol–water partition coefficient (Wildman–Crippen LogP) is 2.88. The van der Waals surface area contributed by atoms with Crippen LogP contribution in [0.3, 0.4) is 0 Å². The summed E-state index contributed by atoms with van der Waals surface area (Å²) in [6.07, 6.45) is 2.86. The van der Waals surface area contributed by atoms with Crippen molar-refractivity contribution in [2.45, 2.75) is 71.4 Å². The van der Waals surface area contributed by atoms with Crippen LogP contribution in [0, 0.1) is 19.8 Å². The van der Waals surface area contributed by atoms with E-state index < -0.39 is 10.0 Å². The second kappa shape index (κ2) is 7.42. The minimum absolute atomic E-state index is 0.0817. The van der Waals surface area contributed by atoms with Crippen LogP contribution in [0.2, 0.25) is 0 Å². The van der Waals surface area contributed by atoms with Crippen molar-refractivity contribution >= 4 is 10.0 Å². The van der Waals surface area contributed by atoms with Crippen molar-refractivity contribution in [1.29, 1.82) is 0 Å². The number of aliphatic hydroxyl groups excluding tert-OH is 1. The van der Waals surface area contributed by atoms with Crippen LogP contribution in [0.1, 0.15) is 57.1 Å². The second-order valence-electron chi connectivity index (χ2n) is 6.03. The lowest BCUT2D eigenvalue weighted by Crippen LogP contribution is -2.33. The van der Waals surface area contributed by atoms with E-state index in [2.05, 4.69) is 18.6 Å². The molecule has 0 saturated heterocycles. The molecule has 6 heteroatoms. The normalized spacial score (nSPS) is 13.9. The summed E-state index contributed by atoms with van der Waals surface area (Å²) in [7, 11) is -3.67. The maximum atomic E-state index is 12.5. The number of hydrogen-bond donors (Lipinski definition) is 2. The molecule has 1 rings (SSSR count). The van der Waals surface area contributed by atoms with Gasteiger partial charge in [0.15, 0.2) is 0 Å².